The van der Waals surface area contributed by atoms with E-state index < -0.39 is 0 Å². The van der Waals surface area contributed by atoms with E-state index in [-0.39, 0.29) is 0 Å². The van der Waals surface area contributed by atoms with Crippen LogP contribution in [0.1, 0.15) is 80.1 Å². The van der Waals surface area contributed by atoms with Crippen LogP contribution >= 0.6 is 0 Å². The van der Waals surface area contributed by atoms with Gasteiger partial charge < -0.3 is 5.11 Å². The fraction of sp³-hybridized carbons (Fsp3) is 0.800. The van der Waals surface area contributed by atoms with Crippen molar-refractivity contribution in [2.24, 2.45) is 17.8 Å². The molecule has 124 valence electrons. The zero-order valence-electron chi connectivity index (χ0n) is 15.3. The van der Waals surface area contributed by atoms with Crippen LogP contribution in [0.2, 0.25) is 0 Å². The molecule has 0 aromatic carbocycles. The first kappa shape index (κ1) is 20.4. The van der Waals surface area contributed by atoms with Crippen molar-refractivity contribution in [3.8, 4) is 0 Å². The predicted molar refractivity (Wildman–Crippen MR) is 95.5 cm³/mol. The van der Waals surface area contributed by atoms with E-state index in [4.69, 9.17) is 0 Å². The van der Waals surface area contributed by atoms with E-state index >= 15 is 0 Å². The van der Waals surface area contributed by atoms with Gasteiger partial charge in [0, 0.05) is 6.61 Å². The molecule has 3 atom stereocenters. The topological polar surface area (TPSA) is 20.2 Å². The summed E-state index contributed by atoms with van der Waals surface area (Å²) in [6.45, 7) is 13.6. The lowest BCUT2D eigenvalue weighted by Crippen LogP contribution is -2.17. The molecular formula is C20H38O. The maximum absolute atomic E-state index is 9.64. The third-order valence-corrected chi connectivity index (χ3v) is 4.46. The first-order valence-electron chi connectivity index (χ1n) is 8.74. The van der Waals surface area contributed by atoms with Crippen molar-refractivity contribution in [1.29, 1.82) is 0 Å². The summed E-state index contributed by atoms with van der Waals surface area (Å²) in [5, 5.41) is 9.64. The van der Waals surface area contributed by atoms with Crippen LogP contribution in [-0.2, 0) is 0 Å². The van der Waals surface area contributed by atoms with Crippen LogP contribution in [0.5, 0.6) is 0 Å². The van der Waals surface area contributed by atoms with Gasteiger partial charge in [0.1, 0.15) is 0 Å². The highest BCUT2D eigenvalue weighted by Gasteiger charge is 2.16. The average molecular weight is 295 g/mol. The molecule has 0 radical (unpaired) electrons. The van der Waals surface area contributed by atoms with Gasteiger partial charge in [0.25, 0.3) is 0 Å². The highest BCUT2D eigenvalue weighted by molar-refractivity contribution is 4.93. The summed E-state index contributed by atoms with van der Waals surface area (Å²) in [5.41, 5.74) is 2.82. The van der Waals surface area contributed by atoms with Gasteiger partial charge in [-0.05, 0) is 77.6 Å². The Morgan fingerprint density at radius 1 is 0.810 bits per heavy atom. The van der Waals surface area contributed by atoms with Crippen LogP contribution in [0.4, 0.5) is 0 Å². The second-order valence-electron chi connectivity index (χ2n) is 7.32. The summed E-state index contributed by atoms with van der Waals surface area (Å²) in [5.74, 6) is 1.86. The molecule has 0 amide bonds. The van der Waals surface area contributed by atoms with E-state index in [1.165, 1.54) is 43.3 Å². The summed E-state index contributed by atoms with van der Waals surface area (Å²) in [4.78, 5) is 0. The molecule has 0 heterocycles. The van der Waals surface area contributed by atoms with E-state index in [9.17, 15) is 5.11 Å². The minimum Gasteiger partial charge on any atom is -0.396 e. The van der Waals surface area contributed by atoms with Crippen molar-refractivity contribution >= 4 is 0 Å². The Labute approximate surface area is 133 Å². The third kappa shape index (κ3) is 11.7. The Morgan fingerprint density at radius 2 is 1.33 bits per heavy atom. The first-order valence-corrected chi connectivity index (χ1v) is 8.74. The van der Waals surface area contributed by atoms with Crippen LogP contribution in [0.15, 0.2) is 23.3 Å². The lowest BCUT2D eigenvalue weighted by atomic mass is 9.84. The van der Waals surface area contributed by atoms with Crippen LogP contribution < -0.4 is 0 Å². The van der Waals surface area contributed by atoms with Crippen LogP contribution in [0.3, 0.4) is 0 Å². The second-order valence-corrected chi connectivity index (χ2v) is 7.32. The first-order chi connectivity index (χ1) is 9.86. The van der Waals surface area contributed by atoms with E-state index in [2.05, 4.69) is 53.7 Å². The van der Waals surface area contributed by atoms with Crippen LogP contribution in [-0.4, -0.2) is 11.7 Å². The molecule has 0 aromatic heterocycles. The van der Waals surface area contributed by atoms with Gasteiger partial charge in [-0.2, -0.15) is 0 Å². The maximum atomic E-state index is 9.64. The quantitative estimate of drug-likeness (QED) is 0.454. The lowest BCUT2D eigenvalue weighted by molar-refractivity contribution is 0.161. The van der Waals surface area contributed by atoms with Crippen LogP contribution in [0.25, 0.3) is 0 Å². The summed E-state index contributed by atoms with van der Waals surface area (Å²) < 4.78 is 0. The smallest absolute Gasteiger partial charge is 0.0461 e. The van der Waals surface area contributed by atoms with Gasteiger partial charge in [0.2, 0.25) is 0 Å². The molecule has 0 aliphatic carbocycles. The number of aliphatic hydroxyl groups is 1. The molecule has 0 aliphatic rings. The van der Waals surface area contributed by atoms with Crippen molar-refractivity contribution in [2.75, 3.05) is 6.61 Å². The molecule has 1 unspecified atom stereocenters. The van der Waals surface area contributed by atoms with Gasteiger partial charge in [0.15, 0.2) is 0 Å². The van der Waals surface area contributed by atoms with E-state index in [0.29, 0.717) is 18.4 Å². The van der Waals surface area contributed by atoms with E-state index in [1.807, 2.05) is 0 Å². The van der Waals surface area contributed by atoms with Crippen LogP contribution in [0, 0.1) is 17.8 Å². The fourth-order valence-electron chi connectivity index (χ4n) is 2.73. The third-order valence-electron chi connectivity index (χ3n) is 4.46. The molecule has 0 saturated carbocycles. The molecule has 0 fully saturated rings. The minimum atomic E-state index is 0.344. The highest BCUT2D eigenvalue weighted by atomic mass is 16.3. The fourth-order valence-corrected chi connectivity index (χ4v) is 2.73. The summed E-state index contributed by atoms with van der Waals surface area (Å²) in [6, 6.07) is 0. The molecule has 21 heavy (non-hydrogen) atoms. The number of hydrogen-bond donors (Lipinski definition) is 1. The Balaban J connectivity index is 4.01. The Kier molecular flexibility index (Phi) is 11.7. The Hall–Kier alpha value is -0.560. The molecular weight excluding hydrogens is 256 g/mol. The zero-order chi connectivity index (χ0) is 16.3. The van der Waals surface area contributed by atoms with Crippen molar-refractivity contribution in [1.82, 2.24) is 0 Å². The van der Waals surface area contributed by atoms with Crippen molar-refractivity contribution in [3.05, 3.63) is 23.3 Å². The summed E-state index contributed by atoms with van der Waals surface area (Å²) >= 11 is 0. The second kappa shape index (κ2) is 12.0. The summed E-state index contributed by atoms with van der Waals surface area (Å²) in [7, 11) is 0. The standard InChI is InChI=1S/C20H38O/c1-16(2)9-7-11-18(5)13-14-20(15-21)19(6)12-8-10-17(3)4/h9-10,18-21H,7-8,11-15H2,1-6H3/t18-,19-,20?/m1/s1. The van der Waals surface area contributed by atoms with Gasteiger partial charge in [-0.25, -0.2) is 0 Å². The normalized spacial score (nSPS) is 15.2. The van der Waals surface area contributed by atoms with E-state index in [0.717, 1.165) is 12.3 Å². The Morgan fingerprint density at radius 3 is 1.81 bits per heavy atom. The minimum absolute atomic E-state index is 0.344. The zero-order valence-corrected chi connectivity index (χ0v) is 15.3. The number of aliphatic hydroxyl groups excluding tert-OH is 1. The monoisotopic (exact) mass is 294 g/mol. The molecule has 0 aliphatic heterocycles. The number of rotatable bonds is 11. The largest absolute Gasteiger partial charge is 0.396 e. The average Bonchev–Trinajstić information content (AvgIpc) is 2.38. The van der Waals surface area contributed by atoms with Crippen molar-refractivity contribution in [2.45, 2.75) is 80.1 Å². The van der Waals surface area contributed by atoms with Crippen molar-refractivity contribution < 1.29 is 5.11 Å². The van der Waals surface area contributed by atoms with Crippen molar-refractivity contribution in [3.63, 3.8) is 0 Å². The summed E-state index contributed by atoms with van der Waals surface area (Å²) in [6.07, 6.45) is 11.9. The van der Waals surface area contributed by atoms with Gasteiger partial charge in [0.05, 0.1) is 0 Å². The molecule has 0 bridgehead atoms. The molecule has 1 N–H and O–H groups in total. The Bertz CT molecular complexity index is 306. The number of allylic oxidation sites excluding steroid dienone is 4. The molecule has 1 nitrogen and oxygen atoms in total. The molecule has 1 heteroatoms. The number of hydrogen-bond acceptors (Lipinski definition) is 1. The molecule has 0 saturated heterocycles. The molecule has 0 spiro atoms. The highest BCUT2D eigenvalue weighted by Crippen LogP contribution is 2.25. The SMILES string of the molecule is CC(C)=CCC[C@@H](C)CCC(CO)[C@H](C)CCC=C(C)C. The van der Waals surface area contributed by atoms with E-state index in [1.54, 1.807) is 0 Å². The van der Waals surface area contributed by atoms with Gasteiger partial charge >= 0.3 is 0 Å². The predicted octanol–water partition coefficient (Wildman–Crippen LogP) is 6.14. The lowest BCUT2D eigenvalue weighted by Gasteiger charge is -2.23. The van der Waals surface area contributed by atoms with Gasteiger partial charge in [-0.15, -0.1) is 0 Å². The maximum Gasteiger partial charge on any atom is 0.0461 e. The molecule has 0 rings (SSSR count). The molecule has 0 aromatic rings. The van der Waals surface area contributed by atoms with Gasteiger partial charge in [-0.1, -0.05) is 43.6 Å². The van der Waals surface area contributed by atoms with Gasteiger partial charge in [-0.3, -0.25) is 0 Å².